The lowest BCUT2D eigenvalue weighted by atomic mass is 10.1. The minimum Gasteiger partial charge on any atom is -0.479 e. The molecule has 2 heterocycles. The molecular weight excluding hydrogens is 372 g/mol. The van der Waals surface area contributed by atoms with Crippen LogP contribution in [0.4, 0.5) is 11.4 Å². The van der Waals surface area contributed by atoms with Crippen molar-refractivity contribution in [3.8, 4) is 17.4 Å². The van der Waals surface area contributed by atoms with E-state index in [1.807, 2.05) is 31.2 Å². The van der Waals surface area contributed by atoms with Gasteiger partial charge < -0.3 is 19.7 Å². The Labute approximate surface area is 167 Å². The monoisotopic (exact) mass is 392 g/mol. The highest BCUT2D eigenvalue weighted by atomic mass is 16.5. The molecule has 0 saturated heterocycles. The number of fused-ring (bicyclic) bond motifs is 2. The van der Waals surface area contributed by atoms with E-state index in [-0.39, 0.29) is 17.7 Å². The number of hydrogen-bond donors (Lipinski definition) is 1. The summed E-state index contributed by atoms with van der Waals surface area (Å²) >= 11 is 0. The van der Waals surface area contributed by atoms with Crippen molar-refractivity contribution in [2.75, 3.05) is 23.9 Å². The van der Waals surface area contributed by atoms with Crippen molar-refractivity contribution in [2.24, 2.45) is 7.05 Å². The maximum atomic E-state index is 13.1. The predicted molar refractivity (Wildman–Crippen MR) is 108 cm³/mol. The van der Waals surface area contributed by atoms with Gasteiger partial charge in [-0.3, -0.25) is 14.3 Å². The van der Waals surface area contributed by atoms with Gasteiger partial charge in [-0.15, -0.1) is 5.10 Å². The summed E-state index contributed by atoms with van der Waals surface area (Å²) in [6.07, 6.45) is 1.57. The van der Waals surface area contributed by atoms with E-state index in [1.165, 1.54) is 11.8 Å². The maximum Gasteiger partial charge on any atom is 0.262 e. The van der Waals surface area contributed by atoms with Crippen LogP contribution in [0.25, 0.3) is 0 Å². The van der Waals surface area contributed by atoms with Gasteiger partial charge in [0.25, 0.3) is 11.8 Å². The van der Waals surface area contributed by atoms with Crippen LogP contribution < -0.4 is 19.7 Å². The fourth-order valence-electron chi connectivity index (χ4n) is 3.29. The van der Waals surface area contributed by atoms with Gasteiger partial charge in [0, 0.05) is 25.5 Å². The lowest BCUT2D eigenvalue weighted by Gasteiger charge is -2.19. The third-order valence-corrected chi connectivity index (χ3v) is 4.64. The summed E-state index contributed by atoms with van der Waals surface area (Å²) in [6.45, 7) is 2.39. The van der Waals surface area contributed by atoms with E-state index in [2.05, 4.69) is 10.4 Å². The van der Waals surface area contributed by atoms with Gasteiger partial charge in [0.05, 0.1) is 18.4 Å². The zero-order chi connectivity index (χ0) is 20.5. The smallest absolute Gasteiger partial charge is 0.262 e. The summed E-state index contributed by atoms with van der Waals surface area (Å²) in [5.41, 5.74) is 1.86. The highest BCUT2D eigenvalue weighted by Crippen LogP contribution is 2.39. The number of ether oxygens (including phenoxy) is 2. The van der Waals surface area contributed by atoms with Gasteiger partial charge in [-0.25, -0.2) is 0 Å². The zero-order valence-electron chi connectivity index (χ0n) is 16.3. The number of nitrogens with zero attached hydrogens (tertiary/aromatic N) is 3. The van der Waals surface area contributed by atoms with Crippen molar-refractivity contribution in [3.63, 3.8) is 0 Å². The first-order valence-electron chi connectivity index (χ1n) is 9.13. The Morgan fingerprint density at radius 2 is 2.00 bits per heavy atom. The number of nitrogens with one attached hydrogen (secondary N) is 1. The number of carbonyl (C=O) groups is 2. The lowest BCUT2D eigenvalue weighted by molar-refractivity contribution is 0.0985. The number of rotatable bonds is 4. The van der Waals surface area contributed by atoms with Crippen molar-refractivity contribution >= 4 is 23.2 Å². The Bertz CT molecular complexity index is 1110. The molecule has 0 saturated carbocycles. The molecule has 0 fully saturated rings. The zero-order valence-corrected chi connectivity index (χ0v) is 16.3. The van der Waals surface area contributed by atoms with Crippen molar-refractivity contribution < 1.29 is 19.1 Å². The fourth-order valence-corrected chi connectivity index (χ4v) is 3.29. The van der Waals surface area contributed by atoms with Gasteiger partial charge >= 0.3 is 0 Å². The average molecular weight is 392 g/mol. The van der Waals surface area contributed by atoms with Gasteiger partial charge in [0.15, 0.2) is 5.75 Å². The Balaban J connectivity index is 1.68. The van der Waals surface area contributed by atoms with E-state index in [1.54, 1.807) is 36.3 Å². The highest BCUT2D eigenvalue weighted by Gasteiger charge is 2.27. The largest absolute Gasteiger partial charge is 0.479 e. The lowest BCUT2D eigenvalue weighted by Crippen LogP contribution is -2.29. The van der Waals surface area contributed by atoms with Crippen LogP contribution in [0.2, 0.25) is 0 Å². The molecule has 0 aliphatic carbocycles. The van der Waals surface area contributed by atoms with Gasteiger partial charge in [0.1, 0.15) is 11.3 Å². The topological polar surface area (TPSA) is 85.7 Å². The molecule has 0 radical (unpaired) electrons. The second-order valence-electron chi connectivity index (χ2n) is 6.51. The number of aryl methyl sites for hydroxylation is 1. The third kappa shape index (κ3) is 3.29. The van der Waals surface area contributed by atoms with E-state index >= 15 is 0 Å². The van der Waals surface area contributed by atoms with E-state index in [9.17, 15) is 9.59 Å². The van der Waals surface area contributed by atoms with Crippen LogP contribution in [0, 0.1) is 0 Å². The first-order chi connectivity index (χ1) is 14.0. The van der Waals surface area contributed by atoms with Crippen LogP contribution in [-0.4, -0.2) is 35.2 Å². The quantitative estimate of drug-likeness (QED) is 0.735. The third-order valence-electron chi connectivity index (χ3n) is 4.64. The molecule has 0 atom stereocenters. The van der Waals surface area contributed by atoms with Crippen molar-refractivity contribution in [1.29, 1.82) is 0 Å². The molecule has 1 aliphatic rings. The standard InChI is InChI=1S/C21H20N4O4/c1-4-25-16-7-5-6-8-18(16)29-17-10-9-13(11-14(17)21(25)27)22-19(26)15-12-24(2)23-20(15)28-3/h5-12H,4H2,1-3H3,(H,22,26). The summed E-state index contributed by atoms with van der Waals surface area (Å²) < 4.78 is 12.6. The Kier molecular flexibility index (Phi) is 4.67. The van der Waals surface area contributed by atoms with Crippen molar-refractivity contribution in [2.45, 2.75) is 6.92 Å². The molecule has 4 rings (SSSR count). The highest BCUT2D eigenvalue weighted by molar-refractivity contribution is 6.11. The molecule has 1 aromatic heterocycles. The van der Waals surface area contributed by atoms with E-state index in [4.69, 9.17) is 9.47 Å². The number of methoxy groups -OCH3 is 1. The number of amides is 2. The fraction of sp³-hybridized carbons (Fsp3) is 0.190. The van der Waals surface area contributed by atoms with E-state index in [0.29, 0.717) is 40.5 Å². The van der Waals surface area contributed by atoms with Gasteiger partial charge in [-0.2, -0.15) is 0 Å². The van der Waals surface area contributed by atoms with Crippen LogP contribution >= 0.6 is 0 Å². The number of aromatic nitrogens is 2. The van der Waals surface area contributed by atoms with Crippen LogP contribution in [0.5, 0.6) is 17.4 Å². The van der Waals surface area contributed by atoms with Crippen molar-refractivity contribution in [1.82, 2.24) is 9.78 Å². The summed E-state index contributed by atoms with van der Waals surface area (Å²) in [5, 5.41) is 6.88. The molecule has 2 amide bonds. The molecule has 148 valence electrons. The van der Waals surface area contributed by atoms with Gasteiger partial charge in [0.2, 0.25) is 5.88 Å². The molecule has 8 heteroatoms. The Morgan fingerprint density at radius 3 is 2.76 bits per heavy atom. The minimum atomic E-state index is -0.382. The number of para-hydroxylation sites is 2. The van der Waals surface area contributed by atoms with Gasteiger partial charge in [-0.05, 0) is 37.3 Å². The number of benzene rings is 2. The van der Waals surface area contributed by atoms with Crippen LogP contribution in [0.1, 0.15) is 27.6 Å². The van der Waals surface area contributed by atoms with Crippen LogP contribution in [0.3, 0.4) is 0 Å². The number of carbonyl (C=O) groups excluding carboxylic acids is 2. The Morgan fingerprint density at radius 1 is 1.21 bits per heavy atom. The molecule has 2 aromatic carbocycles. The number of anilines is 2. The van der Waals surface area contributed by atoms with Crippen LogP contribution in [0.15, 0.2) is 48.7 Å². The maximum absolute atomic E-state index is 13.1. The first-order valence-corrected chi connectivity index (χ1v) is 9.13. The minimum absolute atomic E-state index is 0.192. The number of hydrogen-bond acceptors (Lipinski definition) is 5. The first kappa shape index (κ1) is 18.5. The second-order valence-corrected chi connectivity index (χ2v) is 6.51. The summed E-state index contributed by atoms with van der Waals surface area (Å²) in [4.78, 5) is 27.4. The van der Waals surface area contributed by atoms with E-state index in [0.717, 1.165) is 0 Å². The molecule has 29 heavy (non-hydrogen) atoms. The SMILES string of the molecule is CCN1C(=O)c2cc(NC(=O)c3cn(C)nc3OC)ccc2Oc2ccccc21. The predicted octanol–water partition coefficient (Wildman–Crippen LogP) is 3.45. The molecule has 1 N–H and O–H groups in total. The van der Waals surface area contributed by atoms with E-state index < -0.39 is 0 Å². The summed E-state index contributed by atoms with van der Waals surface area (Å²) in [5.74, 6) is 0.704. The molecule has 0 spiro atoms. The molecular formula is C21H20N4O4. The summed E-state index contributed by atoms with van der Waals surface area (Å²) in [6, 6.07) is 12.4. The van der Waals surface area contributed by atoms with Crippen molar-refractivity contribution in [3.05, 3.63) is 59.8 Å². The van der Waals surface area contributed by atoms with Gasteiger partial charge in [-0.1, -0.05) is 12.1 Å². The molecule has 0 bridgehead atoms. The molecule has 3 aromatic rings. The molecule has 8 nitrogen and oxygen atoms in total. The summed E-state index contributed by atoms with van der Waals surface area (Å²) in [7, 11) is 3.16. The Hall–Kier alpha value is -3.81. The average Bonchev–Trinajstić information content (AvgIpc) is 3.06. The normalized spacial score (nSPS) is 12.5. The van der Waals surface area contributed by atoms with Crippen LogP contribution in [-0.2, 0) is 7.05 Å². The second kappa shape index (κ2) is 7.31. The molecule has 1 aliphatic heterocycles. The molecule has 0 unspecified atom stereocenters.